The van der Waals surface area contributed by atoms with E-state index in [0.717, 1.165) is 0 Å². The molecular weight excluding hydrogens is 338 g/mol. The number of rotatable bonds is 10. The van der Waals surface area contributed by atoms with Crippen LogP contribution in [0.15, 0.2) is 47.1 Å². The first kappa shape index (κ1) is 19.4. The van der Waals surface area contributed by atoms with Gasteiger partial charge in [-0.2, -0.15) is 0 Å². The van der Waals surface area contributed by atoms with Crippen LogP contribution >= 0.6 is 0 Å². The van der Waals surface area contributed by atoms with Crippen molar-refractivity contribution in [2.75, 3.05) is 26.9 Å². The number of hydrogen-bond acceptors (Lipinski definition) is 6. The number of furan rings is 1. The van der Waals surface area contributed by atoms with E-state index in [4.69, 9.17) is 18.6 Å². The molecule has 2 rings (SSSR count). The molecule has 1 aromatic carbocycles. The lowest BCUT2D eigenvalue weighted by Crippen LogP contribution is -2.36. The molecule has 0 bridgehead atoms. The molecule has 7 nitrogen and oxygen atoms in total. The maximum atomic E-state index is 12.5. The SMILES string of the molecule is CCOC(=O)CCN(Cc1ccco1)C(=O)COc1cccc(OC)c1. The Kier molecular flexibility index (Phi) is 7.54. The van der Waals surface area contributed by atoms with Crippen molar-refractivity contribution in [1.29, 1.82) is 0 Å². The zero-order valence-corrected chi connectivity index (χ0v) is 15.0. The van der Waals surface area contributed by atoms with Crippen LogP contribution in [0.3, 0.4) is 0 Å². The van der Waals surface area contributed by atoms with E-state index in [1.54, 1.807) is 50.4 Å². The van der Waals surface area contributed by atoms with E-state index in [-0.39, 0.29) is 38.0 Å². The standard InChI is InChI=1S/C19H23NO6/c1-3-24-19(22)9-10-20(13-17-8-5-11-25-17)18(21)14-26-16-7-4-6-15(12-16)23-2/h4-8,11-12H,3,9-10,13-14H2,1-2H3. The number of benzene rings is 1. The molecule has 0 unspecified atom stereocenters. The molecule has 0 fully saturated rings. The lowest BCUT2D eigenvalue weighted by Gasteiger charge is -2.21. The van der Waals surface area contributed by atoms with Crippen molar-refractivity contribution in [2.45, 2.75) is 19.9 Å². The summed E-state index contributed by atoms with van der Waals surface area (Å²) in [6, 6.07) is 10.5. The highest BCUT2D eigenvalue weighted by atomic mass is 16.5. The molecule has 26 heavy (non-hydrogen) atoms. The van der Waals surface area contributed by atoms with Crippen molar-refractivity contribution < 1.29 is 28.2 Å². The number of carbonyl (C=O) groups is 2. The van der Waals surface area contributed by atoms with Gasteiger partial charge in [0.05, 0.1) is 32.9 Å². The second kappa shape index (κ2) is 10.1. The molecule has 7 heteroatoms. The van der Waals surface area contributed by atoms with E-state index < -0.39 is 0 Å². The molecule has 0 radical (unpaired) electrons. The van der Waals surface area contributed by atoms with Gasteiger partial charge in [-0.3, -0.25) is 9.59 Å². The molecule has 2 aromatic rings. The van der Waals surface area contributed by atoms with Crippen LogP contribution in [0.5, 0.6) is 11.5 Å². The Hall–Kier alpha value is -2.96. The number of methoxy groups -OCH3 is 1. The number of amides is 1. The summed E-state index contributed by atoms with van der Waals surface area (Å²) in [6.45, 7) is 2.37. The third-order valence-corrected chi connectivity index (χ3v) is 3.57. The first-order valence-electron chi connectivity index (χ1n) is 8.35. The van der Waals surface area contributed by atoms with Crippen LogP contribution in [0, 0.1) is 0 Å². The van der Waals surface area contributed by atoms with Crippen molar-refractivity contribution in [2.24, 2.45) is 0 Å². The van der Waals surface area contributed by atoms with Gasteiger partial charge in [0, 0.05) is 12.6 Å². The Morgan fingerprint density at radius 3 is 2.65 bits per heavy atom. The summed E-state index contributed by atoms with van der Waals surface area (Å²) in [5.74, 6) is 1.20. The maximum Gasteiger partial charge on any atom is 0.307 e. The van der Waals surface area contributed by atoms with Gasteiger partial charge in [-0.1, -0.05) is 6.07 Å². The molecule has 0 spiro atoms. The highest BCUT2D eigenvalue weighted by Gasteiger charge is 2.18. The molecule has 0 saturated carbocycles. The van der Waals surface area contributed by atoms with Crippen molar-refractivity contribution in [3.63, 3.8) is 0 Å². The Morgan fingerprint density at radius 2 is 1.96 bits per heavy atom. The molecule has 0 aliphatic heterocycles. The predicted octanol–water partition coefficient (Wildman–Crippen LogP) is 2.65. The van der Waals surface area contributed by atoms with Gasteiger partial charge in [-0.05, 0) is 31.2 Å². The first-order chi connectivity index (χ1) is 12.6. The van der Waals surface area contributed by atoms with E-state index in [2.05, 4.69) is 0 Å². The number of ether oxygens (including phenoxy) is 3. The second-order valence-corrected chi connectivity index (χ2v) is 5.42. The molecule has 0 aliphatic carbocycles. The van der Waals surface area contributed by atoms with Crippen molar-refractivity contribution in [1.82, 2.24) is 4.90 Å². The van der Waals surface area contributed by atoms with Crippen molar-refractivity contribution in [3.05, 3.63) is 48.4 Å². The monoisotopic (exact) mass is 361 g/mol. The number of nitrogens with zero attached hydrogens (tertiary/aromatic N) is 1. The van der Waals surface area contributed by atoms with Gasteiger partial charge in [0.15, 0.2) is 6.61 Å². The number of carbonyl (C=O) groups excluding carboxylic acids is 2. The van der Waals surface area contributed by atoms with Gasteiger partial charge in [-0.25, -0.2) is 0 Å². The lowest BCUT2D eigenvalue weighted by molar-refractivity contribution is -0.144. The smallest absolute Gasteiger partial charge is 0.307 e. The fourth-order valence-electron chi connectivity index (χ4n) is 2.27. The summed E-state index contributed by atoms with van der Waals surface area (Å²) < 4.78 is 20.9. The first-order valence-corrected chi connectivity index (χ1v) is 8.35. The molecule has 1 aromatic heterocycles. The highest BCUT2D eigenvalue weighted by molar-refractivity contribution is 5.78. The van der Waals surface area contributed by atoms with Crippen molar-refractivity contribution >= 4 is 11.9 Å². The van der Waals surface area contributed by atoms with E-state index in [0.29, 0.717) is 23.9 Å². The van der Waals surface area contributed by atoms with Crippen LogP contribution in [-0.2, 0) is 20.9 Å². The average molecular weight is 361 g/mol. The molecule has 0 saturated heterocycles. The van der Waals surface area contributed by atoms with Gasteiger partial charge in [0.25, 0.3) is 5.91 Å². The van der Waals surface area contributed by atoms with Gasteiger partial charge in [-0.15, -0.1) is 0 Å². The van der Waals surface area contributed by atoms with E-state index >= 15 is 0 Å². The van der Waals surface area contributed by atoms with Crippen LogP contribution in [0.1, 0.15) is 19.1 Å². The summed E-state index contributed by atoms with van der Waals surface area (Å²) >= 11 is 0. The summed E-state index contributed by atoms with van der Waals surface area (Å²) in [4.78, 5) is 25.6. The normalized spacial score (nSPS) is 10.2. The zero-order valence-electron chi connectivity index (χ0n) is 15.0. The zero-order chi connectivity index (χ0) is 18.8. The van der Waals surface area contributed by atoms with Crippen LogP contribution in [0.25, 0.3) is 0 Å². The highest BCUT2D eigenvalue weighted by Crippen LogP contribution is 2.19. The van der Waals surface area contributed by atoms with E-state index in [1.165, 1.54) is 11.2 Å². The maximum absolute atomic E-state index is 12.5. The Balaban J connectivity index is 1.95. The summed E-state index contributed by atoms with van der Waals surface area (Å²) in [5.41, 5.74) is 0. The molecule has 0 atom stereocenters. The van der Waals surface area contributed by atoms with Crippen LogP contribution in [-0.4, -0.2) is 43.6 Å². The predicted molar refractivity (Wildman–Crippen MR) is 93.9 cm³/mol. The molecule has 140 valence electrons. The van der Waals surface area contributed by atoms with Crippen molar-refractivity contribution in [3.8, 4) is 11.5 Å². The fourth-order valence-corrected chi connectivity index (χ4v) is 2.27. The molecule has 0 N–H and O–H groups in total. The van der Waals surface area contributed by atoms with Crippen LogP contribution in [0.4, 0.5) is 0 Å². The van der Waals surface area contributed by atoms with Gasteiger partial charge < -0.3 is 23.5 Å². The molecule has 0 aliphatic rings. The summed E-state index contributed by atoms with van der Waals surface area (Å²) in [6.07, 6.45) is 1.65. The molecule has 1 amide bonds. The fraction of sp³-hybridized carbons (Fsp3) is 0.368. The van der Waals surface area contributed by atoms with E-state index in [1.807, 2.05) is 0 Å². The number of esters is 1. The molecule has 1 heterocycles. The Labute approximate surface area is 152 Å². The Morgan fingerprint density at radius 1 is 1.15 bits per heavy atom. The largest absolute Gasteiger partial charge is 0.497 e. The second-order valence-electron chi connectivity index (χ2n) is 5.42. The van der Waals surface area contributed by atoms with Gasteiger partial charge in [0.2, 0.25) is 0 Å². The van der Waals surface area contributed by atoms with Gasteiger partial charge in [0.1, 0.15) is 17.3 Å². The Bertz CT molecular complexity index is 698. The van der Waals surface area contributed by atoms with Gasteiger partial charge >= 0.3 is 5.97 Å². The summed E-state index contributed by atoms with van der Waals surface area (Å²) in [7, 11) is 1.56. The minimum absolute atomic E-state index is 0.111. The third kappa shape index (κ3) is 6.16. The minimum atomic E-state index is -0.349. The van der Waals surface area contributed by atoms with Crippen LogP contribution < -0.4 is 9.47 Å². The lowest BCUT2D eigenvalue weighted by atomic mass is 10.3. The molecular formula is C19H23NO6. The summed E-state index contributed by atoms with van der Waals surface area (Å²) in [5, 5.41) is 0. The minimum Gasteiger partial charge on any atom is -0.497 e. The third-order valence-electron chi connectivity index (χ3n) is 3.57. The number of hydrogen-bond donors (Lipinski definition) is 0. The average Bonchev–Trinajstić information content (AvgIpc) is 3.16. The topological polar surface area (TPSA) is 78.2 Å². The van der Waals surface area contributed by atoms with E-state index in [9.17, 15) is 9.59 Å². The quantitative estimate of drug-likeness (QED) is 0.606. The van der Waals surface area contributed by atoms with Crippen LogP contribution in [0.2, 0.25) is 0 Å².